The van der Waals surface area contributed by atoms with E-state index in [-0.39, 0.29) is 18.7 Å². The van der Waals surface area contributed by atoms with Gasteiger partial charge in [-0.2, -0.15) is 0 Å². The van der Waals surface area contributed by atoms with Crippen LogP contribution < -0.4 is 21.7 Å². The molecule has 0 aliphatic rings. The number of unbranched alkanes of at least 4 members (excludes halogenated alkanes) is 4. The fraction of sp³-hybridized carbons (Fsp3) is 0.737. The van der Waals surface area contributed by atoms with Crippen molar-refractivity contribution in [1.29, 1.82) is 0 Å². The molecule has 0 radical (unpaired) electrons. The van der Waals surface area contributed by atoms with Crippen LogP contribution in [0.2, 0.25) is 0 Å². The second kappa shape index (κ2) is 16.9. The van der Waals surface area contributed by atoms with Gasteiger partial charge in [0.05, 0.1) is 0 Å². The third kappa shape index (κ3) is 15.6. The third-order valence-electron chi connectivity index (χ3n) is 4.45. The summed E-state index contributed by atoms with van der Waals surface area (Å²) in [4.78, 5) is 56.6. The molecule has 0 bridgehead atoms. The molecule has 12 nitrogen and oxygen atoms in total. The summed E-state index contributed by atoms with van der Waals surface area (Å²) in [6.07, 6.45) is 4.32. The van der Waals surface area contributed by atoms with Gasteiger partial charge in [0.15, 0.2) is 0 Å². The smallest absolute Gasteiger partial charge is 0.326 e. The number of amides is 3. The molecule has 0 saturated carbocycles. The van der Waals surface area contributed by atoms with Crippen molar-refractivity contribution in [2.75, 3.05) is 13.1 Å². The highest BCUT2D eigenvalue weighted by Gasteiger charge is 2.24. The standard InChI is InChI=1S/C19H34N4O8/c20-11-5-2-1-3-8-15(24)21-12-6-4-7-13(17(27)28)22-19(31)23-14(18(29)30)9-10-16(25)26/h13-14H,1-12,20H2,(H,21,24)(H,25,26)(H,27,28)(H,29,30)(H2,22,23,31). The number of urea groups is 1. The summed E-state index contributed by atoms with van der Waals surface area (Å²) in [5, 5.41) is 33.9. The van der Waals surface area contributed by atoms with Gasteiger partial charge in [0.2, 0.25) is 5.91 Å². The molecule has 0 aromatic heterocycles. The van der Waals surface area contributed by atoms with Gasteiger partial charge >= 0.3 is 23.9 Å². The van der Waals surface area contributed by atoms with Gasteiger partial charge in [-0.05, 0) is 45.1 Å². The third-order valence-corrected chi connectivity index (χ3v) is 4.45. The van der Waals surface area contributed by atoms with Gasteiger partial charge in [0, 0.05) is 19.4 Å². The van der Waals surface area contributed by atoms with Crippen molar-refractivity contribution >= 4 is 29.8 Å². The van der Waals surface area contributed by atoms with Crippen LogP contribution in [-0.4, -0.2) is 70.3 Å². The van der Waals surface area contributed by atoms with Crippen LogP contribution in [0.3, 0.4) is 0 Å². The van der Waals surface area contributed by atoms with Crippen molar-refractivity contribution in [3.63, 3.8) is 0 Å². The molecule has 0 fully saturated rings. The lowest BCUT2D eigenvalue weighted by Crippen LogP contribution is -2.51. The molecule has 2 atom stereocenters. The molecule has 2 unspecified atom stereocenters. The minimum atomic E-state index is -1.45. The van der Waals surface area contributed by atoms with Gasteiger partial charge in [-0.15, -0.1) is 0 Å². The highest BCUT2D eigenvalue weighted by Crippen LogP contribution is 2.04. The van der Waals surface area contributed by atoms with E-state index in [9.17, 15) is 29.1 Å². The monoisotopic (exact) mass is 446 g/mol. The average molecular weight is 447 g/mol. The molecule has 0 aliphatic heterocycles. The summed E-state index contributed by atoms with van der Waals surface area (Å²) < 4.78 is 0. The number of nitrogens with two attached hydrogens (primary N) is 1. The SMILES string of the molecule is NCCCCCCC(=O)NCCCCC(NC(=O)NC(CCC(=O)O)C(=O)O)C(=O)O. The number of hydrogen-bond donors (Lipinski definition) is 7. The highest BCUT2D eigenvalue weighted by atomic mass is 16.4. The Morgan fingerprint density at radius 3 is 1.84 bits per heavy atom. The Bertz CT molecular complexity index is 599. The number of carbonyl (C=O) groups excluding carboxylic acids is 2. The van der Waals surface area contributed by atoms with Crippen LogP contribution in [0, 0.1) is 0 Å². The van der Waals surface area contributed by atoms with Crippen molar-refractivity contribution in [2.24, 2.45) is 5.73 Å². The van der Waals surface area contributed by atoms with Crippen molar-refractivity contribution < 1.29 is 39.3 Å². The van der Waals surface area contributed by atoms with E-state index >= 15 is 0 Å². The van der Waals surface area contributed by atoms with Gasteiger partial charge in [-0.25, -0.2) is 14.4 Å². The summed E-state index contributed by atoms with van der Waals surface area (Å²) in [6, 6.07) is -3.70. The van der Waals surface area contributed by atoms with Crippen LogP contribution in [0.15, 0.2) is 0 Å². The Labute approximate surface area is 180 Å². The molecule has 0 saturated heterocycles. The molecule has 0 spiro atoms. The minimum absolute atomic E-state index is 0.0684. The van der Waals surface area contributed by atoms with E-state index in [1.807, 2.05) is 0 Å². The van der Waals surface area contributed by atoms with Crippen LogP contribution in [-0.2, 0) is 19.2 Å². The molecule has 0 rings (SSSR count). The topological polar surface area (TPSA) is 208 Å². The number of rotatable bonds is 18. The van der Waals surface area contributed by atoms with Crippen molar-refractivity contribution in [2.45, 2.75) is 76.3 Å². The predicted molar refractivity (Wildman–Crippen MR) is 110 cm³/mol. The normalized spacial score (nSPS) is 12.4. The zero-order chi connectivity index (χ0) is 23.6. The number of nitrogens with one attached hydrogen (secondary N) is 3. The first-order chi connectivity index (χ1) is 14.7. The van der Waals surface area contributed by atoms with E-state index in [1.54, 1.807) is 0 Å². The van der Waals surface area contributed by atoms with E-state index in [2.05, 4.69) is 16.0 Å². The van der Waals surface area contributed by atoms with Crippen molar-refractivity contribution in [1.82, 2.24) is 16.0 Å². The molecule has 12 heteroatoms. The molecule has 0 aromatic carbocycles. The van der Waals surface area contributed by atoms with Crippen LogP contribution in [0.1, 0.15) is 64.2 Å². The molecule has 178 valence electrons. The maximum atomic E-state index is 11.9. The molecule has 3 amide bonds. The number of carbonyl (C=O) groups is 5. The molecule has 31 heavy (non-hydrogen) atoms. The number of hydrogen-bond acceptors (Lipinski definition) is 6. The Balaban J connectivity index is 4.19. The molecule has 8 N–H and O–H groups in total. The first-order valence-corrected chi connectivity index (χ1v) is 10.4. The molecule has 0 aromatic rings. The van der Waals surface area contributed by atoms with E-state index in [1.165, 1.54) is 0 Å². The zero-order valence-electron chi connectivity index (χ0n) is 17.6. The maximum absolute atomic E-state index is 11.9. The molecular formula is C19H34N4O8. The lowest BCUT2D eigenvalue weighted by atomic mass is 10.1. The fourth-order valence-electron chi connectivity index (χ4n) is 2.71. The number of carboxylic acid groups (broad SMARTS) is 3. The number of aliphatic carboxylic acids is 3. The van der Waals surface area contributed by atoms with Crippen molar-refractivity contribution in [3.05, 3.63) is 0 Å². The summed E-state index contributed by atoms with van der Waals surface area (Å²) in [7, 11) is 0. The van der Waals surface area contributed by atoms with E-state index in [0.29, 0.717) is 32.4 Å². The first-order valence-electron chi connectivity index (χ1n) is 10.4. The molecule has 0 heterocycles. The van der Waals surface area contributed by atoms with E-state index in [4.69, 9.17) is 15.9 Å². The predicted octanol–water partition coefficient (Wildman–Crippen LogP) is 0.253. The second-order valence-electron chi connectivity index (χ2n) is 7.13. The lowest BCUT2D eigenvalue weighted by molar-refractivity contribution is -0.140. The minimum Gasteiger partial charge on any atom is -0.481 e. The molecular weight excluding hydrogens is 412 g/mol. The summed E-state index contributed by atoms with van der Waals surface area (Å²) in [6.45, 7) is 1.03. The van der Waals surface area contributed by atoms with Gasteiger partial charge in [0.1, 0.15) is 12.1 Å². The highest BCUT2D eigenvalue weighted by molar-refractivity contribution is 5.86. The summed E-state index contributed by atoms with van der Waals surface area (Å²) in [5.74, 6) is -3.98. The zero-order valence-corrected chi connectivity index (χ0v) is 17.6. The Morgan fingerprint density at radius 2 is 1.29 bits per heavy atom. The van der Waals surface area contributed by atoms with Gasteiger partial charge in [-0.3, -0.25) is 9.59 Å². The van der Waals surface area contributed by atoms with Gasteiger partial charge < -0.3 is 37.0 Å². The first kappa shape index (κ1) is 28.1. The number of carboxylic acids is 3. The summed E-state index contributed by atoms with van der Waals surface area (Å²) >= 11 is 0. The van der Waals surface area contributed by atoms with Crippen LogP contribution in [0.5, 0.6) is 0 Å². The average Bonchev–Trinajstić information content (AvgIpc) is 2.69. The molecule has 0 aliphatic carbocycles. The van der Waals surface area contributed by atoms with Crippen LogP contribution in [0.4, 0.5) is 4.79 Å². The fourth-order valence-corrected chi connectivity index (χ4v) is 2.71. The maximum Gasteiger partial charge on any atom is 0.326 e. The quantitative estimate of drug-likeness (QED) is 0.144. The van der Waals surface area contributed by atoms with Crippen molar-refractivity contribution in [3.8, 4) is 0 Å². The Hall–Kier alpha value is -2.89. The lowest BCUT2D eigenvalue weighted by Gasteiger charge is -2.18. The largest absolute Gasteiger partial charge is 0.481 e. The van der Waals surface area contributed by atoms with E-state index < -0.39 is 42.4 Å². The Kier molecular flexibility index (Phi) is 15.3. The van der Waals surface area contributed by atoms with Gasteiger partial charge in [0.25, 0.3) is 0 Å². The Morgan fingerprint density at radius 1 is 0.710 bits per heavy atom. The van der Waals surface area contributed by atoms with Crippen LogP contribution in [0.25, 0.3) is 0 Å². The second-order valence-corrected chi connectivity index (χ2v) is 7.13. The van der Waals surface area contributed by atoms with Gasteiger partial charge in [-0.1, -0.05) is 12.8 Å². The van der Waals surface area contributed by atoms with E-state index in [0.717, 1.165) is 25.7 Å². The van der Waals surface area contributed by atoms with Crippen LogP contribution >= 0.6 is 0 Å². The summed E-state index contributed by atoms with van der Waals surface area (Å²) in [5.41, 5.74) is 5.40.